The fourth-order valence-corrected chi connectivity index (χ4v) is 6.75. The van der Waals surface area contributed by atoms with E-state index in [2.05, 4.69) is 11.4 Å². The van der Waals surface area contributed by atoms with E-state index in [1.807, 2.05) is 0 Å². The Bertz CT molecular complexity index is 1030. The van der Waals surface area contributed by atoms with Crippen molar-refractivity contribution in [2.75, 3.05) is 26.3 Å². The van der Waals surface area contributed by atoms with E-state index in [-0.39, 0.29) is 28.7 Å². The molecule has 2 aliphatic carbocycles. The highest BCUT2D eigenvalue weighted by atomic mass is 35.5. The Morgan fingerprint density at radius 1 is 1.16 bits per heavy atom. The van der Waals surface area contributed by atoms with Crippen LogP contribution in [0.2, 0.25) is 5.02 Å². The third-order valence-electron chi connectivity index (χ3n) is 6.40. The number of morpholine rings is 1. The predicted molar refractivity (Wildman–Crippen MR) is 112 cm³/mol. The van der Waals surface area contributed by atoms with Crippen LogP contribution in [0.4, 0.5) is 0 Å². The molecule has 1 aromatic rings. The van der Waals surface area contributed by atoms with E-state index in [9.17, 15) is 23.3 Å². The lowest BCUT2D eigenvalue weighted by molar-refractivity contribution is -0.144. The Hall–Kier alpha value is -2.15. The van der Waals surface area contributed by atoms with Gasteiger partial charge in [0.15, 0.2) is 9.84 Å². The number of nitriles is 1. The second-order valence-electron chi connectivity index (χ2n) is 8.40. The Kier molecular flexibility index (Phi) is 5.99. The molecule has 31 heavy (non-hydrogen) atoms. The van der Waals surface area contributed by atoms with Crippen LogP contribution in [-0.2, 0) is 24.2 Å². The lowest BCUT2D eigenvalue weighted by Crippen LogP contribution is -2.48. The number of rotatable bonds is 5. The Balaban J connectivity index is 1.61. The van der Waals surface area contributed by atoms with E-state index in [1.165, 1.54) is 12.1 Å². The molecule has 2 saturated carbocycles. The van der Waals surface area contributed by atoms with E-state index in [4.69, 9.17) is 16.3 Å². The minimum absolute atomic E-state index is 0.0102. The smallest absolute Gasteiger partial charge is 0.226 e. The summed E-state index contributed by atoms with van der Waals surface area (Å²) in [6.07, 6.45) is 1.18. The largest absolute Gasteiger partial charge is 0.378 e. The van der Waals surface area contributed by atoms with Gasteiger partial charge >= 0.3 is 0 Å². The Morgan fingerprint density at radius 3 is 2.42 bits per heavy atom. The lowest BCUT2D eigenvalue weighted by Gasteiger charge is -2.31. The number of benzene rings is 1. The summed E-state index contributed by atoms with van der Waals surface area (Å²) >= 11 is 6.14. The van der Waals surface area contributed by atoms with Gasteiger partial charge in [-0.15, -0.1) is 0 Å². The van der Waals surface area contributed by atoms with Gasteiger partial charge in [0.2, 0.25) is 11.8 Å². The maximum Gasteiger partial charge on any atom is 0.226 e. The summed E-state index contributed by atoms with van der Waals surface area (Å²) in [6, 6.07) is 8.30. The number of nitrogens with one attached hydrogen (secondary N) is 1. The van der Waals surface area contributed by atoms with Gasteiger partial charge in [-0.3, -0.25) is 9.59 Å². The summed E-state index contributed by atoms with van der Waals surface area (Å²) in [4.78, 5) is 27.9. The average Bonchev–Trinajstić information content (AvgIpc) is 3.39. The molecule has 1 aromatic carbocycles. The summed E-state index contributed by atoms with van der Waals surface area (Å²) in [6.45, 7) is 1.64. The van der Waals surface area contributed by atoms with Crippen LogP contribution in [0.15, 0.2) is 29.2 Å². The number of carbonyl (C=O) groups excluding carboxylic acids is 2. The highest BCUT2D eigenvalue weighted by Gasteiger charge is 2.52. The summed E-state index contributed by atoms with van der Waals surface area (Å²) in [5.41, 5.74) is -0.886. The number of amides is 2. The fourth-order valence-electron chi connectivity index (χ4n) is 4.40. The van der Waals surface area contributed by atoms with Gasteiger partial charge in [0.1, 0.15) is 5.54 Å². The fraction of sp³-hybridized carbons (Fsp3) is 0.571. The Morgan fingerprint density at radius 2 is 1.81 bits per heavy atom. The van der Waals surface area contributed by atoms with E-state index in [1.54, 1.807) is 17.0 Å². The topological polar surface area (TPSA) is 117 Å². The highest BCUT2D eigenvalue weighted by molar-refractivity contribution is 7.92. The van der Waals surface area contributed by atoms with Crippen molar-refractivity contribution in [3.8, 4) is 6.07 Å². The molecule has 3 aliphatic rings. The first-order chi connectivity index (χ1) is 14.8. The maximum absolute atomic E-state index is 13.3. The van der Waals surface area contributed by atoms with Crippen LogP contribution in [0.3, 0.4) is 0 Å². The zero-order valence-corrected chi connectivity index (χ0v) is 18.5. The van der Waals surface area contributed by atoms with Crippen molar-refractivity contribution in [1.29, 1.82) is 5.26 Å². The number of hydrogen-bond donors (Lipinski definition) is 1. The van der Waals surface area contributed by atoms with Gasteiger partial charge in [-0.05, 0) is 37.8 Å². The standard InChI is InChI=1S/C21H24ClN3O5S/c22-17-3-1-2-4-18(17)31(28,29)14-11-15(19(26)24-21(13-23)5-6-21)16(12-14)20(27)25-7-9-30-10-8-25/h1-4,14-16H,5-12H2,(H,24,26)/t14-,15-,16-/m1/s1. The van der Waals surface area contributed by atoms with E-state index >= 15 is 0 Å². The molecule has 3 atom stereocenters. The second kappa shape index (κ2) is 8.41. The number of nitrogens with zero attached hydrogens (tertiary/aromatic N) is 2. The molecule has 4 rings (SSSR count). The number of ether oxygens (including phenoxy) is 1. The zero-order chi connectivity index (χ0) is 22.2. The molecule has 1 aliphatic heterocycles. The highest BCUT2D eigenvalue weighted by Crippen LogP contribution is 2.42. The number of halogens is 1. The van der Waals surface area contributed by atoms with Crippen molar-refractivity contribution >= 4 is 33.3 Å². The predicted octanol–water partition coefficient (Wildman–Crippen LogP) is 1.54. The van der Waals surface area contributed by atoms with Gasteiger partial charge in [-0.25, -0.2) is 8.42 Å². The zero-order valence-electron chi connectivity index (χ0n) is 16.9. The molecule has 3 fully saturated rings. The molecule has 0 aromatic heterocycles. The van der Waals surface area contributed by atoms with E-state index in [0.717, 1.165) is 0 Å². The molecule has 0 spiro atoms. The minimum atomic E-state index is -3.84. The molecular weight excluding hydrogens is 442 g/mol. The third-order valence-corrected chi connectivity index (χ3v) is 9.08. The van der Waals surface area contributed by atoms with Crippen LogP contribution in [0.1, 0.15) is 25.7 Å². The summed E-state index contributed by atoms with van der Waals surface area (Å²) < 4.78 is 31.9. The van der Waals surface area contributed by atoms with Gasteiger partial charge in [-0.1, -0.05) is 23.7 Å². The summed E-state index contributed by atoms with van der Waals surface area (Å²) in [5.74, 6) is -2.25. The van der Waals surface area contributed by atoms with Crippen LogP contribution in [0.5, 0.6) is 0 Å². The molecule has 10 heteroatoms. The normalized spacial score (nSPS) is 27.4. The first-order valence-corrected chi connectivity index (χ1v) is 12.3. The number of sulfone groups is 1. The summed E-state index contributed by atoms with van der Waals surface area (Å²) in [7, 11) is -3.84. The van der Waals surface area contributed by atoms with Crippen molar-refractivity contribution in [1.82, 2.24) is 10.2 Å². The summed E-state index contributed by atoms with van der Waals surface area (Å²) in [5, 5.41) is 11.3. The molecule has 166 valence electrons. The van der Waals surface area contributed by atoms with Gasteiger partial charge in [0.05, 0.1) is 46.3 Å². The molecule has 0 unspecified atom stereocenters. The maximum atomic E-state index is 13.3. The van der Waals surface area contributed by atoms with Crippen molar-refractivity contribution < 1.29 is 22.7 Å². The average molecular weight is 466 g/mol. The molecule has 1 N–H and O–H groups in total. The van der Waals surface area contributed by atoms with Gasteiger partial charge < -0.3 is 15.0 Å². The van der Waals surface area contributed by atoms with Crippen molar-refractivity contribution in [3.63, 3.8) is 0 Å². The van der Waals surface area contributed by atoms with Gasteiger partial charge in [0.25, 0.3) is 0 Å². The number of hydrogen-bond acceptors (Lipinski definition) is 6. The third kappa shape index (κ3) is 4.29. The molecular formula is C21H24ClN3O5S. The first-order valence-electron chi connectivity index (χ1n) is 10.4. The van der Waals surface area contributed by atoms with Gasteiger partial charge in [-0.2, -0.15) is 5.26 Å². The minimum Gasteiger partial charge on any atom is -0.378 e. The molecule has 1 heterocycles. The monoisotopic (exact) mass is 465 g/mol. The van der Waals surface area contributed by atoms with E-state index < -0.39 is 38.4 Å². The molecule has 2 amide bonds. The van der Waals surface area contributed by atoms with Crippen molar-refractivity contribution in [3.05, 3.63) is 29.3 Å². The molecule has 0 radical (unpaired) electrons. The second-order valence-corrected chi connectivity index (χ2v) is 11.0. The van der Waals surface area contributed by atoms with Crippen molar-refractivity contribution in [2.24, 2.45) is 11.8 Å². The van der Waals surface area contributed by atoms with Crippen LogP contribution in [0, 0.1) is 23.2 Å². The van der Waals surface area contributed by atoms with Crippen LogP contribution < -0.4 is 5.32 Å². The van der Waals surface area contributed by atoms with Crippen LogP contribution >= 0.6 is 11.6 Å². The first kappa shape index (κ1) is 22.1. The lowest BCUT2D eigenvalue weighted by atomic mass is 9.93. The van der Waals surface area contributed by atoms with Crippen LogP contribution in [0.25, 0.3) is 0 Å². The van der Waals surface area contributed by atoms with E-state index in [0.29, 0.717) is 39.1 Å². The molecule has 8 nitrogen and oxygen atoms in total. The SMILES string of the molecule is N#CC1(NC(=O)[C@@H]2C[C@@H](S(=O)(=O)c3ccccc3Cl)C[C@H]2C(=O)N2CCOCC2)CC1. The number of carbonyl (C=O) groups is 2. The quantitative estimate of drug-likeness (QED) is 0.705. The molecule has 0 bridgehead atoms. The molecule has 1 saturated heterocycles. The van der Waals surface area contributed by atoms with Crippen LogP contribution in [-0.4, -0.2) is 62.2 Å². The van der Waals surface area contributed by atoms with Gasteiger partial charge in [0, 0.05) is 13.1 Å². The Labute approximate surface area is 186 Å². The van der Waals surface area contributed by atoms with Crippen molar-refractivity contribution in [2.45, 2.75) is 41.4 Å².